The van der Waals surface area contributed by atoms with E-state index in [1.807, 2.05) is 54.6 Å². The summed E-state index contributed by atoms with van der Waals surface area (Å²) in [7, 11) is 0. The van der Waals surface area contributed by atoms with Crippen molar-refractivity contribution in [3.05, 3.63) is 119 Å². The molecular formula is C30H19ClFN3. The van der Waals surface area contributed by atoms with Gasteiger partial charge in [0.1, 0.15) is 5.82 Å². The van der Waals surface area contributed by atoms with Crippen molar-refractivity contribution in [2.75, 3.05) is 4.90 Å². The quantitative estimate of drug-likeness (QED) is 0.303. The summed E-state index contributed by atoms with van der Waals surface area (Å²) in [4.78, 5) is 2.06. The minimum atomic E-state index is -1.49. The van der Waals surface area contributed by atoms with Crippen molar-refractivity contribution in [3.8, 4) is 12.1 Å². The molecule has 0 bridgehead atoms. The molecule has 0 spiro atoms. The maximum atomic E-state index is 15.4. The summed E-state index contributed by atoms with van der Waals surface area (Å²) in [5, 5.41) is 23.7. The summed E-state index contributed by atoms with van der Waals surface area (Å²) >= 11 is 6.66. The number of hydrogen-bond donors (Lipinski definition) is 0. The molecule has 0 saturated carbocycles. The second kappa shape index (κ2) is 7.98. The summed E-state index contributed by atoms with van der Waals surface area (Å²) < 4.78 is 15.4. The molecule has 2 heterocycles. The molecule has 3 atom stereocenters. The maximum absolute atomic E-state index is 15.4. The number of nitrogens with zero attached hydrogens (tertiary/aromatic N) is 3. The fraction of sp³-hybridized carbons (Fsp3) is 0.133. The minimum absolute atomic E-state index is 0.378. The van der Waals surface area contributed by atoms with Crippen LogP contribution in [0.5, 0.6) is 0 Å². The second-order valence-electron chi connectivity index (χ2n) is 8.99. The van der Waals surface area contributed by atoms with Crippen LogP contribution in [-0.4, -0.2) is 6.04 Å². The van der Waals surface area contributed by atoms with Gasteiger partial charge in [-0.2, -0.15) is 10.5 Å². The van der Waals surface area contributed by atoms with Crippen molar-refractivity contribution in [3.63, 3.8) is 0 Å². The lowest BCUT2D eigenvalue weighted by atomic mass is 9.69. The SMILES string of the molecule is N#CC1(C#N)[C@H](c2ccccc2Cl)[C@H](c2ccccc2F)N2c3ccc4ccccc4c3C=C[C@@H]21. The van der Waals surface area contributed by atoms with Crippen LogP contribution in [-0.2, 0) is 0 Å². The molecule has 1 fully saturated rings. The van der Waals surface area contributed by atoms with Gasteiger partial charge in [0, 0.05) is 27.8 Å². The molecule has 2 aliphatic heterocycles. The van der Waals surface area contributed by atoms with Gasteiger partial charge in [0.05, 0.1) is 24.2 Å². The smallest absolute Gasteiger partial charge is 0.176 e. The van der Waals surface area contributed by atoms with E-state index >= 15 is 4.39 Å². The largest absolute Gasteiger partial charge is 0.354 e. The van der Waals surface area contributed by atoms with Crippen LogP contribution in [0.2, 0.25) is 5.02 Å². The molecule has 168 valence electrons. The highest BCUT2D eigenvalue weighted by Crippen LogP contribution is 2.61. The predicted octanol–water partition coefficient (Wildman–Crippen LogP) is 7.41. The van der Waals surface area contributed by atoms with Crippen LogP contribution in [0.1, 0.15) is 28.7 Å². The van der Waals surface area contributed by atoms with E-state index in [1.54, 1.807) is 24.3 Å². The van der Waals surface area contributed by atoms with Crippen molar-refractivity contribution in [2.45, 2.75) is 18.0 Å². The molecule has 2 aliphatic rings. The van der Waals surface area contributed by atoms with Gasteiger partial charge in [0.2, 0.25) is 0 Å². The Bertz CT molecular complexity index is 1580. The van der Waals surface area contributed by atoms with Gasteiger partial charge in [-0.1, -0.05) is 90.5 Å². The average Bonchev–Trinajstić information content (AvgIpc) is 3.19. The Morgan fingerprint density at radius 1 is 0.829 bits per heavy atom. The fourth-order valence-corrected chi connectivity index (χ4v) is 6.14. The molecule has 0 aromatic heterocycles. The lowest BCUT2D eigenvalue weighted by Gasteiger charge is -2.37. The molecule has 0 amide bonds. The summed E-state index contributed by atoms with van der Waals surface area (Å²) in [5.74, 6) is -1.06. The van der Waals surface area contributed by atoms with E-state index in [2.05, 4.69) is 29.2 Å². The molecule has 0 radical (unpaired) electrons. The van der Waals surface area contributed by atoms with Crippen molar-refractivity contribution in [2.24, 2.45) is 5.41 Å². The Morgan fingerprint density at radius 3 is 2.26 bits per heavy atom. The van der Waals surface area contributed by atoms with Crippen LogP contribution in [0, 0.1) is 33.9 Å². The fourth-order valence-electron chi connectivity index (χ4n) is 5.89. The molecule has 4 aromatic carbocycles. The lowest BCUT2D eigenvalue weighted by Crippen LogP contribution is -2.39. The normalized spacial score (nSPS) is 21.7. The van der Waals surface area contributed by atoms with E-state index in [9.17, 15) is 10.5 Å². The molecule has 5 heteroatoms. The third kappa shape index (κ3) is 2.94. The van der Waals surface area contributed by atoms with Gasteiger partial charge in [-0.3, -0.25) is 0 Å². The molecule has 3 nitrogen and oxygen atoms in total. The monoisotopic (exact) mass is 475 g/mol. The minimum Gasteiger partial charge on any atom is -0.354 e. The summed E-state index contributed by atoms with van der Waals surface area (Å²) in [5.41, 5.74) is 1.47. The van der Waals surface area contributed by atoms with Gasteiger partial charge in [-0.25, -0.2) is 4.39 Å². The third-order valence-corrected chi connectivity index (χ3v) is 7.72. The first-order valence-electron chi connectivity index (χ1n) is 11.4. The number of nitriles is 2. The number of rotatable bonds is 2. The molecule has 6 rings (SSSR count). The van der Waals surface area contributed by atoms with E-state index in [0.717, 1.165) is 22.0 Å². The second-order valence-corrected chi connectivity index (χ2v) is 9.40. The highest BCUT2D eigenvalue weighted by atomic mass is 35.5. The molecule has 0 unspecified atom stereocenters. The highest BCUT2D eigenvalue weighted by Gasteiger charge is 2.62. The zero-order chi connectivity index (χ0) is 24.2. The Kier molecular flexibility index (Phi) is 4.88. The van der Waals surface area contributed by atoms with Crippen molar-refractivity contribution >= 4 is 34.1 Å². The average molecular weight is 476 g/mol. The van der Waals surface area contributed by atoms with Crippen LogP contribution < -0.4 is 4.90 Å². The van der Waals surface area contributed by atoms with Crippen LogP contribution in [0.3, 0.4) is 0 Å². The van der Waals surface area contributed by atoms with E-state index < -0.39 is 23.4 Å². The Hall–Kier alpha value is -4.12. The predicted molar refractivity (Wildman–Crippen MR) is 136 cm³/mol. The van der Waals surface area contributed by atoms with Crippen LogP contribution >= 0.6 is 11.6 Å². The summed E-state index contributed by atoms with van der Waals surface area (Å²) in [6, 6.07) is 29.5. The van der Waals surface area contributed by atoms with E-state index in [1.165, 1.54) is 6.07 Å². The Labute approximate surface area is 207 Å². The zero-order valence-corrected chi connectivity index (χ0v) is 19.3. The van der Waals surface area contributed by atoms with Gasteiger partial charge in [-0.05, 0) is 34.5 Å². The van der Waals surface area contributed by atoms with Crippen LogP contribution in [0.25, 0.3) is 16.8 Å². The molecule has 0 N–H and O–H groups in total. The Balaban J connectivity index is 1.70. The number of fused-ring (bicyclic) bond motifs is 5. The molecule has 0 aliphatic carbocycles. The first-order valence-corrected chi connectivity index (χ1v) is 11.8. The number of hydrogen-bond acceptors (Lipinski definition) is 3. The molecular weight excluding hydrogens is 457 g/mol. The van der Waals surface area contributed by atoms with Crippen molar-refractivity contribution in [1.29, 1.82) is 10.5 Å². The van der Waals surface area contributed by atoms with Crippen LogP contribution in [0.4, 0.5) is 10.1 Å². The number of anilines is 1. The van der Waals surface area contributed by atoms with E-state index in [-0.39, 0.29) is 5.82 Å². The van der Waals surface area contributed by atoms with E-state index in [0.29, 0.717) is 16.1 Å². The molecule has 4 aromatic rings. The topological polar surface area (TPSA) is 50.8 Å². The third-order valence-electron chi connectivity index (χ3n) is 7.38. The summed E-state index contributed by atoms with van der Waals surface area (Å²) in [6.07, 6.45) is 3.92. The highest BCUT2D eigenvalue weighted by molar-refractivity contribution is 6.31. The first kappa shape index (κ1) is 21.4. The van der Waals surface area contributed by atoms with Gasteiger partial charge < -0.3 is 4.90 Å². The number of halogens is 2. The molecule has 1 saturated heterocycles. The van der Waals surface area contributed by atoms with Gasteiger partial charge in [-0.15, -0.1) is 0 Å². The standard InChI is InChI=1S/C30H19ClFN3/c31-24-11-5-3-9-22(24)28-29(23-10-4-6-12-25(23)32)35-26-15-13-19-7-1-2-8-20(19)21(26)14-16-27(35)30(28,17-33)18-34/h1-16,27-29H/t27-,28-,29+/m1/s1. The summed E-state index contributed by atoms with van der Waals surface area (Å²) in [6.45, 7) is 0. The first-order chi connectivity index (χ1) is 17.1. The van der Waals surface area contributed by atoms with Gasteiger partial charge >= 0.3 is 0 Å². The maximum Gasteiger partial charge on any atom is 0.176 e. The van der Waals surface area contributed by atoms with Gasteiger partial charge in [0.15, 0.2) is 5.41 Å². The van der Waals surface area contributed by atoms with Crippen molar-refractivity contribution in [1.82, 2.24) is 0 Å². The van der Waals surface area contributed by atoms with Crippen molar-refractivity contribution < 1.29 is 4.39 Å². The number of benzene rings is 4. The Morgan fingerprint density at radius 2 is 1.51 bits per heavy atom. The zero-order valence-electron chi connectivity index (χ0n) is 18.6. The van der Waals surface area contributed by atoms with E-state index in [4.69, 9.17) is 11.6 Å². The van der Waals surface area contributed by atoms with Gasteiger partial charge in [0.25, 0.3) is 0 Å². The van der Waals surface area contributed by atoms with Crippen LogP contribution in [0.15, 0.2) is 91.0 Å². The molecule has 35 heavy (non-hydrogen) atoms. The lowest BCUT2D eigenvalue weighted by molar-refractivity contribution is 0.438.